The molecule has 1 aliphatic rings. The van der Waals surface area contributed by atoms with Crippen LogP contribution in [0.3, 0.4) is 0 Å². The number of nitrogens with two attached hydrogens (primary N) is 1. The van der Waals surface area contributed by atoms with Crippen LogP contribution in [0.15, 0.2) is 20.0 Å². The summed E-state index contributed by atoms with van der Waals surface area (Å²) in [6.45, 7) is 3.87. The van der Waals surface area contributed by atoms with E-state index in [2.05, 4.69) is 20.8 Å². The minimum Gasteiger partial charge on any atom is -0.452 e. The fourth-order valence-corrected chi connectivity index (χ4v) is 4.52. The molecule has 2 heterocycles. The molecule has 1 unspecified atom stereocenters. The number of hydrogen-bond acceptors (Lipinski definition) is 5. The highest BCUT2D eigenvalue weighted by Crippen LogP contribution is 2.29. The van der Waals surface area contributed by atoms with Crippen LogP contribution >= 0.6 is 15.9 Å². The zero-order chi connectivity index (χ0) is 14.2. The number of sulfonamides is 1. The van der Waals surface area contributed by atoms with Crippen LogP contribution in [0.5, 0.6) is 0 Å². The Kier molecular flexibility index (Phi) is 4.36. The summed E-state index contributed by atoms with van der Waals surface area (Å²) in [5, 5.41) is 0. The maximum Gasteiger partial charge on any atom is 0.247 e. The number of halogens is 1. The maximum atomic E-state index is 12.6. The van der Waals surface area contributed by atoms with E-state index >= 15 is 0 Å². The van der Waals surface area contributed by atoms with E-state index in [0.717, 1.165) is 6.54 Å². The molecule has 0 spiro atoms. The number of likely N-dealkylation sites (N-methyl/N-ethyl adjacent to an activating group) is 1. The second-order valence-corrected chi connectivity index (χ2v) is 7.37. The largest absolute Gasteiger partial charge is 0.452 e. The van der Waals surface area contributed by atoms with Crippen LogP contribution in [0.1, 0.15) is 12.7 Å². The number of nitrogens with zero attached hydrogens (tertiary/aromatic N) is 2. The van der Waals surface area contributed by atoms with Crippen LogP contribution in [-0.2, 0) is 16.6 Å². The molecule has 1 aromatic heterocycles. The van der Waals surface area contributed by atoms with Crippen molar-refractivity contribution in [1.82, 2.24) is 9.21 Å². The molecule has 0 amide bonds. The van der Waals surface area contributed by atoms with Gasteiger partial charge in [0.2, 0.25) is 10.0 Å². The standard InChI is InChI=1S/C11H18BrN3O3S/c1-8-7-15(4-3-14(8)2)19(16,17)10-5-9(6-13)18-11(10)12/h5,8H,3-4,6-7,13H2,1-2H3. The lowest BCUT2D eigenvalue weighted by molar-refractivity contribution is 0.159. The van der Waals surface area contributed by atoms with Crippen LogP contribution in [0.4, 0.5) is 0 Å². The Balaban J connectivity index is 2.29. The first kappa shape index (κ1) is 15.0. The van der Waals surface area contributed by atoms with Crippen LogP contribution in [0.2, 0.25) is 0 Å². The molecule has 2 N–H and O–H groups in total. The SMILES string of the molecule is CC1CN(S(=O)(=O)c2cc(CN)oc2Br)CCN1C. The topological polar surface area (TPSA) is 79.8 Å². The van der Waals surface area contributed by atoms with Crippen LogP contribution in [-0.4, -0.2) is 50.3 Å². The van der Waals surface area contributed by atoms with Gasteiger partial charge in [-0.05, 0) is 29.9 Å². The second-order valence-electron chi connectivity index (χ2n) is 4.75. The average molecular weight is 352 g/mol. The van der Waals surface area contributed by atoms with Crippen molar-refractivity contribution in [3.8, 4) is 0 Å². The summed E-state index contributed by atoms with van der Waals surface area (Å²) in [5.41, 5.74) is 5.46. The fourth-order valence-electron chi connectivity index (χ4n) is 2.05. The number of piperazine rings is 1. The Morgan fingerprint density at radius 3 is 2.74 bits per heavy atom. The molecule has 1 fully saturated rings. The molecule has 0 bridgehead atoms. The molecule has 6 nitrogen and oxygen atoms in total. The molecule has 1 aliphatic heterocycles. The van der Waals surface area contributed by atoms with E-state index in [-0.39, 0.29) is 22.2 Å². The predicted molar refractivity (Wildman–Crippen MR) is 75.2 cm³/mol. The molecule has 0 aromatic carbocycles. The van der Waals surface area contributed by atoms with E-state index in [9.17, 15) is 8.42 Å². The smallest absolute Gasteiger partial charge is 0.247 e. The minimum absolute atomic E-state index is 0.157. The number of furan rings is 1. The van der Waals surface area contributed by atoms with Crippen LogP contribution < -0.4 is 5.73 Å². The number of rotatable bonds is 3. The molecule has 1 saturated heterocycles. The summed E-state index contributed by atoms with van der Waals surface area (Å²) in [6, 6.07) is 1.69. The molecule has 1 atom stereocenters. The summed E-state index contributed by atoms with van der Waals surface area (Å²) >= 11 is 3.15. The first-order valence-corrected chi connectivity index (χ1v) is 8.28. The van der Waals surface area contributed by atoms with E-state index in [1.807, 2.05) is 14.0 Å². The Bertz CT molecular complexity index is 558. The minimum atomic E-state index is -3.53. The summed E-state index contributed by atoms with van der Waals surface area (Å²) in [5.74, 6) is 0.452. The molecular formula is C11H18BrN3O3S. The van der Waals surface area contributed by atoms with Gasteiger partial charge in [-0.3, -0.25) is 0 Å². The summed E-state index contributed by atoms with van der Waals surface area (Å²) < 4.78 is 32.1. The van der Waals surface area contributed by atoms with Crippen molar-refractivity contribution in [3.05, 3.63) is 16.5 Å². The summed E-state index contributed by atoms with van der Waals surface area (Å²) in [6.07, 6.45) is 0. The third-order valence-corrected chi connectivity index (χ3v) is 6.17. The number of hydrogen-bond donors (Lipinski definition) is 1. The predicted octanol–water partition coefficient (Wildman–Crippen LogP) is 0.825. The third-order valence-electron chi connectivity index (χ3n) is 3.45. The lowest BCUT2D eigenvalue weighted by Gasteiger charge is -2.36. The van der Waals surface area contributed by atoms with Crippen molar-refractivity contribution in [2.45, 2.75) is 24.4 Å². The maximum absolute atomic E-state index is 12.6. The summed E-state index contributed by atoms with van der Waals surface area (Å²) in [7, 11) is -1.53. The van der Waals surface area contributed by atoms with Gasteiger partial charge in [0.1, 0.15) is 10.7 Å². The highest BCUT2D eigenvalue weighted by Gasteiger charge is 2.33. The summed E-state index contributed by atoms with van der Waals surface area (Å²) in [4.78, 5) is 2.30. The van der Waals surface area contributed by atoms with Gasteiger partial charge in [0.25, 0.3) is 0 Å². The second kappa shape index (κ2) is 5.53. The molecule has 19 heavy (non-hydrogen) atoms. The molecule has 1 aromatic rings. The first-order valence-electron chi connectivity index (χ1n) is 6.05. The lowest BCUT2D eigenvalue weighted by Crippen LogP contribution is -2.51. The molecular weight excluding hydrogens is 334 g/mol. The van der Waals surface area contributed by atoms with E-state index < -0.39 is 10.0 Å². The van der Waals surface area contributed by atoms with Crippen LogP contribution in [0, 0.1) is 0 Å². The Hall–Kier alpha value is -0.410. The van der Waals surface area contributed by atoms with Gasteiger partial charge in [0.15, 0.2) is 4.67 Å². The molecule has 8 heteroatoms. The molecule has 108 valence electrons. The van der Waals surface area contributed by atoms with E-state index in [0.29, 0.717) is 18.8 Å². The zero-order valence-electron chi connectivity index (χ0n) is 11.0. The van der Waals surface area contributed by atoms with Gasteiger partial charge >= 0.3 is 0 Å². The van der Waals surface area contributed by atoms with Gasteiger partial charge in [0.05, 0.1) is 6.54 Å². The molecule has 0 aliphatic carbocycles. The first-order chi connectivity index (χ1) is 8.86. The van der Waals surface area contributed by atoms with Crippen molar-refractivity contribution in [3.63, 3.8) is 0 Å². The third kappa shape index (κ3) is 2.87. The highest BCUT2D eigenvalue weighted by atomic mass is 79.9. The fraction of sp³-hybridized carbons (Fsp3) is 0.636. The molecule has 2 rings (SSSR count). The quantitative estimate of drug-likeness (QED) is 0.872. The van der Waals surface area contributed by atoms with Gasteiger partial charge in [-0.15, -0.1) is 0 Å². The van der Waals surface area contributed by atoms with Gasteiger partial charge in [0, 0.05) is 31.7 Å². The van der Waals surface area contributed by atoms with Gasteiger partial charge in [-0.25, -0.2) is 8.42 Å². The van der Waals surface area contributed by atoms with Crippen molar-refractivity contribution < 1.29 is 12.8 Å². The average Bonchev–Trinajstić information content (AvgIpc) is 2.74. The van der Waals surface area contributed by atoms with Crippen molar-refractivity contribution in [2.24, 2.45) is 5.73 Å². The lowest BCUT2D eigenvalue weighted by atomic mass is 10.2. The van der Waals surface area contributed by atoms with Crippen molar-refractivity contribution in [1.29, 1.82) is 0 Å². The van der Waals surface area contributed by atoms with E-state index in [1.54, 1.807) is 0 Å². The van der Waals surface area contributed by atoms with Gasteiger partial charge in [-0.1, -0.05) is 0 Å². The van der Waals surface area contributed by atoms with Gasteiger partial charge < -0.3 is 15.1 Å². The van der Waals surface area contributed by atoms with Crippen LogP contribution in [0.25, 0.3) is 0 Å². The van der Waals surface area contributed by atoms with Crippen molar-refractivity contribution >= 4 is 26.0 Å². The normalized spacial score (nSPS) is 22.8. The highest BCUT2D eigenvalue weighted by molar-refractivity contribution is 9.10. The Morgan fingerprint density at radius 1 is 1.53 bits per heavy atom. The van der Waals surface area contributed by atoms with E-state index in [4.69, 9.17) is 10.2 Å². The van der Waals surface area contributed by atoms with Crippen molar-refractivity contribution in [2.75, 3.05) is 26.7 Å². The zero-order valence-corrected chi connectivity index (χ0v) is 13.4. The molecule has 0 saturated carbocycles. The van der Waals surface area contributed by atoms with Gasteiger partial charge in [-0.2, -0.15) is 4.31 Å². The monoisotopic (exact) mass is 351 g/mol. The van der Waals surface area contributed by atoms with E-state index in [1.165, 1.54) is 10.4 Å². The molecule has 0 radical (unpaired) electrons. The Labute approximate surface area is 121 Å². The Morgan fingerprint density at radius 2 is 2.21 bits per heavy atom.